The number of nitriles is 1. The Morgan fingerprint density at radius 1 is 0.881 bits per heavy atom. The fourth-order valence-electron chi connectivity index (χ4n) is 6.07. The van der Waals surface area contributed by atoms with Gasteiger partial charge in [0.15, 0.2) is 0 Å². The molecule has 4 aromatic rings. The number of hydrogen-bond donors (Lipinski definition) is 0. The van der Waals surface area contributed by atoms with Gasteiger partial charge in [0.05, 0.1) is 10.9 Å². The summed E-state index contributed by atoms with van der Waals surface area (Å²) in [6.07, 6.45) is 1.93. The summed E-state index contributed by atoms with van der Waals surface area (Å²) in [5, 5.41) is 9.87. The van der Waals surface area contributed by atoms with E-state index in [1.165, 1.54) is 11.1 Å². The summed E-state index contributed by atoms with van der Waals surface area (Å²) >= 11 is 0. The molecule has 2 aliphatic rings. The molecule has 6 rings (SSSR count). The third-order valence-corrected chi connectivity index (χ3v) is 10.2. The number of anilines is 1. The van der Waals surface area contributed by atoms with Crippen molar-refractivity contribution in [3.63, 3.8) is 0 Å². The van der Waals surface area contributed by atoms with E-state index in [-0.39, 0.29) is 16.6 Å². The number of benzene rings is 3. The second-order valence-electron chi connectivity index (χ2n) is 11.2. The largest absolute Gasteiger partial charge is 0.419 e. The average Bonchev–Trinajstić information content (AvgIpc) is 3.47. The van der Waals surface area contributed by atoms with Gasteiger partial charge < -0.3 is 9.32 Å². The van der Waals surface area contributed by atoms with Crippen LogP contribution >= 0.6 is 0 Å². The summed E-state index contributed by atoms with van der Waals surface area (Å²) in [6, 6.07) is 30.0. The van der Waals surface area contributed by atoms with Crippen molar-refractivity contribution in [2.75, 3.05) is 44.2 Å². The van der Waals surface area contributed by atoms with Crippen LogP contribution in [0.2, 0.25) is 0 Å². The second kappa shape index (κ2) is 12.1. The molecule has 216 valence electrons. The van der Waals surface area contributed by atoms with E-state index in [4.69, 9.17) is 4.42 Å². The number of piperazine rings is 1. The van der Waals surface area contributed by atoms with E-state index in [2.05, 4.69) is 76.3 Å². The van der Waals surface area contributed by atoms with E-state index < -0.39 is 10.0 Å². The number of sulfonamides is 1. The highest BCUT2D eigenvalue weighted by Crippen LogP contribution is 2.33. The molecule has 1 atom stereocenters. The van der Waals surface area contributed by atoms with Gasteiger partial charge in [-0.25, -0.2) is 8.42 Å². The monoisotopic (exact) mass is 581 g/mol. The lowest BCUT2D eigenvalue weighted by atomic mass is 9.96. The SMILES string of the molecule is C[C@H]1CCCN(S(=O)(=O)c2ccc(-c3nc(C#N)c(N4CCN(C(c5ccccc5)c5ccccc5)CC4)o3)cc2)C1. The van der Waals surface area contributed by atoms with Crippen LogP contribution in [0.1, 0.15) is 42.6 Å². The highest BCUT2D eigenvalue weighted by molar-refractivity contribution is 7.89. The molecule has 9 heteroatoms. The molecular formula is C33H35N5O3S. The van der Waals surface area contributed by atoms with Crippen molar-refractivity contribution in [2.24, 2.45) is 5.92 Å². The third kappa shape index (κ3) is 5.71. The quantitative estimate of drug-likeness (QED) is 0.283. The number of nitrogens with zero attached hydrogens (tertiary/aromatic N) is 5. The minimum atomic E-state index is -3.55. The van der Waals surface area contributed by atoms with Crippen molar-refractivity contribution < 1.29 is 12.8 Å². The van der Waals surface area contributed by atoms with Gasteiger partial charge in [0.2, 0.25) is 27.5 Å². The normalized spacial score (nSPS) is 18.7. The molecule has 0 N–H and O–H groups in total. The molecule has 2 aliphatic heterocycles. The summed E-state index contributed by atoms with van der Waals surface area (Å²) in [7, 11) is -3.55. The lowest BCUT2D eigenvalue weighted by Gasteiger charge is -2.39. The Morgan fingerprint density at radius 3 is 2.07 bits per heavy atom. The first-order chi connectivity index (χ1) is 20.4. The zero-order valence-corrected chi connectivity index (χ0v) is 24.6. The molecule has 0 bridgehead atoms. The van der Waals surface area contributed by atoms with E-state index in [9.17, 15) is 13.7 Å². The Morgan fingerprint density at radius 2 is 1.50 bits per heavy atom. The number of hydrogen-bond acceptors (Lipinski definition) is 7. The zero-order valence-electron chi connectivity index (χ0n) is 23.8. The number of piperidine rings is 1. The highest BCUT2D eigenvalue weighted by atomic mass is 32.2. The van der Waals surface area contributed by atoms with E-state index in [1.54, 1.807) is 28.6 Å². The molecule has 3 heterocycles. The maximum Gasteiger partial charge on any atom is 0.243 e. The highest BCUT2D eigenvalue weighted by Gasteiger charge is 2.31. The zero-order chi connectivity index (χ0) is 29.1. The fourth-order valence-corrected chi connectivity index (χ4v) is 7.67. The molecule has 3 aromatic carbocycles. The Kier molecular flexibility index (Phi) is 8.11. The molecule has 8 nitrogen and oxygen atoms in total. The van der Waals surface area contributed by atoms with Crippen LogP contribution in [0.4, 0.5) is 5.88 Å². The van der Waals surface area contributed by atoms with Crippen molar-refractivity contribution in [3.8, 4) is 17.5 Å². The van der Waals surface area contributed by atoms with Gasteiger partial charge in [-0.05, 0) is 54.2 Å². The summed E-state index contributed by atoms with van der Waals surface area (Å²) < 4.78 is 34.1. The third-order valence-electron chi connectivity index (χ3n) is 8.27. The number of rotatable bonds is 7. The van der Waals surface area contributed by atoms with Crippen LogP contribution in [0.25, 0.3) is 11.5 Å². The van der Waals surface area contributed by atoms with Crippen LogP contribution in [0.3, 0.4) is 0 Å². The van der Waals surface area contributed by atoms with Gasteiger partial charge in [-0.3, -0.25) is 4.90 Å². The van der Waals surface area contributed by atoms with Crippen LogP contribution in [-0.2, 0) is 10.0 Å². The predicted octanol–water partition coefficient (Wildman–Crippen LogP) is 5.55. The Bertz CT molecular complexity index is 1600. The summed E-state index contributed by atoms with van der Waals surface area (Å²) in [5.41, 5.74) is 3.37. The molecule has 0 saturated carbocycles. The van der Waals surface area contributed by atoms with Gasteiger partial charge in [-0.2, -0.15) is 14.6 Å². The van der Waals surface area contributed by atoms with E-state index in [1.807, 2.05) is 12.1 Å². The Labute approximate surface area is 247 Å². The van der Waals surface area contributed by atoms with Gasteiger partial charge in [-0.1, -0.05) is 67.6 Å². The van der Waals surface area contributed by atoms with Crippen molar-refractivity contribution in [1.82, 2.24) is 14.2 Å². The van der Waals surface area contributed by atoms with Crippen LogP contribution in [0.15, 0.2) is 94.2 Å². The first-order valence-electron chi connectivity index (χ1n) is 14.5. The smallest absolute Gasteiger partial charge is 0.243 e. The van der Waals surface area contributed by atoms with E-state index in [0.29, 0.717) is 49.4 Å². The minimum absolute atomic E-state index is 0.137. The molecular weight excluding hydrogens is 546 g/mol. The van der Waals surface area contributed by atoms with Crippen LogP contribution in [-0.4, -0.2) is 61.9 Å². The van der Waals surface area contributed by atoms with Crippen molar-refractivity contribution >= 4 is 15.9 Å². The lowest BCUT2D eigenvalue weighted by Crippen LogP contribution is -2.48. The van der Waals surface area contributed by atoms with Crippen LogP contribution in [0.5, 0.6) is 0 Å². The Balaban J connectivity index is 1.18. The molecule has 0 amide bonds. The number of oxazole rings is 1. The lowest BCUT2D eigenvalue weighted by molar-refractivity contribution is 0.209. The van der Waals surface area contributed by atoms with Crippen molar-refractivity contribution in [1.29, 1.82) is 5.26 Å². The van der Waals surface area contributed by atoms with Gasteiger partial charge in [0, 0.05) is 44.8 Å². The maximum atomic E-state index is 13.2. The molecule has 2 saturated heterocycles. The molecule has 0 radical (unpaired) electrons. The van der Waals surface area contributed by atoms with Crippen LogP contribution in [0, 0.1) is 17.2 Å². The molecule has 1 aromatic heterocycles. The molecule has 0 aliphatic carbocycles. The first kappa shape index (κ1) is 28.2. The molecule has 0 unspecified atom stereocenters. The minimum Gasteiger partial charge on any atom is -0.419 e. The average molecular weight is 582 g/mol. The van der Waals surface area contributed by atoms with Gasteiger partial charge >= 0.3 is 0 Å². The summed E-state index contributed by atoms with van der Waals surface area (Å²) in [4.78, 5) is 9.27. The van der Waals surface area contributed by atoms with E-state index in [0.717, 1.165) is 25.9 Å². The fraction of sp³-hybridized carbons (Fsp3) is 0.333. The molecule has 2 fully saturated rings. The standard InChI is InChI=1S/C33H35N5O3S/c1-25-9-8-18-38(24-25)42(39,40)29-16-14-28(15-17-29)32-35-30(23-34)33(41-32)37-21-19-36(20-22-37)31(26-10-4-2-5-11-26)27-12-6-3-7-13-27/h2-7,10-17,25,31H,8-9,18-22,24H2,1H3/t25-/m0/s1. The van der Waals surface area contributed by atoms with Gasteiger partial charge in [0.25, 0.3) is 0 Å². The van der Waals surface area contributed by atoms with E-state index >= 15 is 0 Å². The Hall–Kier alpha value is -3.97. The second-order valence-corrected chi connectivity index (χ2v) is 13.1. The van der Waals surface area contributed by atoms with Crippen LogP contribution < -0.4 is 4.90 Å². The summed E-state index contributed by atoms with van der Waals surface area (Å²) in [5.74, 6) is 1.13. The molecule has 42 heavy (non-hydrogen) atoms. The van der Waals surface area contributed by atoms with Crippen molar-refractivity contribution in [2.45, 2.75) is 30.7 Å². The maximum absolute atomic E-state index is 13.2. The van der Waals surface area contributed by atoms with Crippen molar-refractivity contribution in [3.05, 3.63) is 102 Å². The van der Waals surface area contributed by atoms with Gasteiger partial charge in [-0.15, -0.1) is 0 Å². The number of aromatic nitrogens is 1. The van der Waals surface area contributed by atoms with Gasteiger partial charge in [0.1, 0.15) is 6.07 Å². The predicted molar refractivity (Wildman–Crippen MR) is 162 cm³/mol. The summed E-state index contributed by atoms with van der Waals surface area (Å²) in [6.45, 7) is 6.13. The molecule has 0 spiro atoms. The topological polar surface area (TPSA) is 93.7 Å². The first-order valence-corrected chi connectivity index (χ1v) is 16.0.